The maximum absolute atomic E-state index is 9.95. The molecule has 0 amide bonds. The normalized spacial score (nSPS) is 13.2. The van der Waals surface area contributed by atoms with Crippen molar-refractivity contribution in [3.05, 3.63) is 28.8 Å². The van der Waals surface area contributed by atoms with Crippen LogP contribution in [0.15, 0.2) is 12.1 Å². The summed E-state index contributed by atoms with van der Waals surface area (Å²) >= 11 is 0. The van der Waals surface area contributed by atoms with Crippen molar-refractivity contribution < 1.29 is 10.2 Å². The van der Waals surface area contributed by atoms with Crippen molar-refractivity contribution in [2.75, 3.05) is 14.1 Å². The summed E-state index contributed by atoms with van der Waals surface area (Å²) in [6.45, 7) is 4.30. The lowest BCUT2D eigenvalue weighted by molar-refractivity contribution is 0.194. The highest BCUT2D eigenvalue weighted by Gasteiger charge is 2.12. The van der Waals surface area contributed by atoms with Gasteiger partial charge in [-0.05, 0) is 34.0 Å². The van der Waals surface area contributed by atoms with Crippen molar-refractivity contribution in [3.63, 3.8) is 0 Å². The fourth-order valence-electron chi connectivity index (χ4n) is 1.66. The van der Waals surface area contributed by atoms with Crippen molar-refractivity contribution in [2.24, 2.45) is 0 Å². The van der Waals surface area contributed by atoms with Crippen molar-refractivity contribution in [1.82, 2.24) is 4.90 Å². The Morgan fingerprint density at radius 3 is 2.40 bits per heavy atom. The maximum atomic E-state index is 9.95. The Bertz CT molecular complexity index is 346. The molecule has 0 heterocycles. The van der Waals surface area contributed by atoms with Gasteiger partial charge in [-0.25, -0.2) is 0 Å². The van der Waals surface area contributed by atoms with Gasteiger partial charge in [0, 0.05) is 17.7 Å². The van der Waals surface area contributed by atoms with Crippen LogP contribution in [0.3, 0.4) is 0 Å². The quantitative estimate of drug-likeness (QED) is 0.798. The second kappa shape index (κ2) is 4.64. The van der Waals surface area contributed by atoms with Gasteiger partial charge in [-0.3, -0.25) is 0 Å². The van der Waals surface area contributed by atoms with Gasteiger partial charge in [-0.2, -0.15) is 0 Å². The largest absolute Gasteiger partial charge is 0.507 e. The molecule has 0 bridgehead atoms. The average molecular weight is 209 g/mol. The second-order valence-corrected chi connectivity index (χ2v) is 4.28. The minimum atomic E-state index is -0.634. The molecule has 15 heavy (non-hydrogen) atoms. The fraction of sp³-hybridized carbons (Fsp3) is 0.500. The predicted molar refractivity (Wildman–Crippen MR) is 60.9 cm³/mol. The molecular weight excluding hydrogens is 190 g/mol. The molecule has 2 N–H and O–H groups in total. The molecule has 1 aromatic carbocycles. The summed E-state index contributed by atoms with van der Waals surface area (Å²) in [5.74, 6) is 0.212. The number of hydrogen-bond acceptors (Lipinski definition) is 3. The number of aliphatic hydroxyl groups is 1. The third-order valence-electron chi connectivity index (χ3n) is 2.30. The smallest absolute Gasteiger partial charge is 0.125 e. The zero-order valence-corrected chi connectivity index (χ0v) is 9.78. The summed E-state index contributed by atoms with van der Waals surface area (Å²) in [6.07, 6.45) is -0.634. The number of phenolic OH excluding ortho intramolecular Hbond substituents is 1. The lowest BCUT2D eigenvalue weighted by Gasteiger charge is -2.16. The van der Waals surface area contributed by atoms with E-state index in [4.69, 9.17) is 0 Å². The monoisotopic (exact) mass is 209 g/mol. The van der Waals surface area contributed by atoms with Crippen molar-refractivity contribution >= 4 is 0 Å². The van der Waals surface area contributed by atoms with E-state index >= 15 is 0 Å². The Morgan fingerprint density at radius 1 is 1.33 bits per heavy atom. The van der Waals surface area contributed by atoms with E-state index in [1.165, 1.54) is 0 Å². The molecule has 0 aliphatic carbocycles. The number of phenols is 1. The standard InChI is InChI=1S/C12H19NO2/c1-8-5-10(7-13(3)4)12(15)11(6-8)9(2)14/h5-6,9,14-15H,7H2,1-4H3. The average Bonchev–Trinajstić information content (AvgIpc) is 2.09. The van der Waals surface area contributed by atoms with E-state index in [0.29, 0.717) is 12.1 Å². The molecule has 84 valence electrons. The first-order chi connectivity index (χ1) is 6.91. The van der Waals surface area contributed by atoms with Gasteiger partial charge in [-0.15, -0.1) is 0 Å². The Hall–Kier alpha value is -1.06. The highest BCUT2D eigenvalue weighted by Crippen LogP contribution is 2.29. The Morgan fingerprint density at radius 2 is 1.93 bits per heavy atom. The van der Waals surface area contributed by atoms with Gasteiger partial charge in [0.2, 0.25) is 0 Å². The minimum absolute atomic E-state index is 0.212. The molecule has 0 aliphatic rings. The van der Waals surface area contributed by atoms with Crippen LogP contribution >= 0.6 is 0 Å². The second-order valence-electron chi connectivity index (χ2n) is 4.28. The van der Waals surface area contributed by atoms with E-state index in [0.717, 1.165) is 11.1 Å². The Labute approximate surface area is 91.0 Å². The zero-order valence-electron chi connectivity index (χ0n) is 9.78. The maximum Gasteiger partial charge on any atom is 0.125 e. The summed E-state index contributed by atoms with van der Waals surface area (Å²) < 4.78 is 0. The number of aliphatic hydroxyl groups excluding tert-OH is 1. The Balaban J connectivity index is 3.16. The topological polar surface area (TPSA) is 43.7 Å². The molecule has 3 heteroatoms. The third-order valence-corrected chi connectivity index (χ3v) is 2.30. The number of rotatable bonds is 3. The minimum Gasteiger partial charge on any atom is -0.507 e. The first-order valence-electron chi connectivity index (χ1n) is 5.07. The molecule has 0 aliphatic heterocycles. The number of aryl methyl sites for hydroxylation is 1. The van der Waals surface area contributed by atoms with Crippen LogP contribution in [-0.4, -0.2) is 29.2 Å². The molecular formula is C12H19NO2. The van der Waals surface area contributed by atoms with Gasteiger partial charge in [0.1, 0.15) is 5.75 Å². The summed E-state index contributed by atoms with van der Waals surface area (Å²) in [5, 5.41) is 19.5. The number of nitrogens with zero attached hydrogens (tertiary/aromatic N) is 1. The van der Waals surface area contributed by atoms with Gasteiger partial charge in [0.05, 0.1) is 6.10 Å². The highest BCUT2D eigenvalue weighted by atomic mass is 16.3. The lowest BCUT2D eigenvalue weighted by Crippen LogP contribution is -2.11. The van der Waals surface area contributed by atoms with Gasteiger partial charge in [0.15, 0.2) is 0 Å². The van der Waals surface area contributed by atoms with E-state index in [1.807, 2.05) is 38.1 Å². The van der Waals surface area contributed by atoms with Gasteiger partial charge < -0.3 is 15.1 Å². The number of hydrogen-bond donors (Lipinski definition) is 2. The van der Waals surface area contributed by atoms with Crippen LogP contribution < -0.4 is 0 Å². The van der Waals surface area contributed by atoms with Crippen LogP contribution in [0.4, 0.5) is 0 Å². The molecule has 0 aromatic heterocycles. The van der Waals surface area contributed by atoms with E-state index < -0.39 is 6.10 Å². The molecule has 0 fully saturated rings. The van der Waals surface area contributed by atoms with E-state index in [-0.39, 0.29) is 5.75 Å². The van der Waals surface area contributed by atoms with E-state index in [9.17, 15) is 10.2 Å². The summed E-state index contributed by atoms with van der Waals surface area (Å²) in [5.41, 5.74) is 2.52. The van der Waals surface area contributed by atoms with Crippen molar-refractivity contribution in [2.45, 2.75) is 26.5 Å². The molecule has 0 radical (unpaired) electrons. The van der Waals surface area contributed by atoms with Gasteiger partial charge in [0.25, 0.3) is 0 Å². The van der Waals surface area contributed by atoms with Crippen LogP contribution in [0.25, 0.3) is 0 Å². The van der Waals surface area contributed by atoms with Gasteiger partial charge in [-0.1, -0.05) is 11.6 Å². The van der Waals surface area contributed by atoms with Crippen LogP contribution in [0.1, 0.15) is 29.7 Å². The number of aromatic hydroxyl groups is 1. The third kappa shape index (κ3) is 2.94. The van der Waals surface area contributed by atoms with Crippen molar-refractivity contribution in [1.29, 1.82) is 0 Å². The van der Waals surface area contributed by atoms with Crippen LogP contribution in [-0.2, 0) is 6.54 Å². The lowest BCUT2D eigenvalue weighted by atomic mass is 10.0. The zero-order chi connectivity index (χ0) is 11.6. The molecule has 3 nitrogen and oxygen atoms in total. The summed E-state index contributed by atoms with van der Waals surface area (Å²) in [7, 11) is 3.90. The molecule has 1 atom stereocenters. The first-order valence-corrected chi connectivity index (χ1v) is 5.07. The number of benzene rings is 1. The fourth-order valence-corrected chi connectivity index (χ4v) is 1.66. The molecule has 1 rings (SSSR count). The van der Waals surface area contributed by atoms with Crippen molar-refractivity contribution in [3.8, 4) is 5.75 Å². The molecule has 1 unspecified atom stereocenters. The summed E-state index contributed by atoms with van der Waals surface area (Å²) in [6, 6.07) is 3.76. The van der Waals surface area contributed by atoms with Gasteiger partial charge >= 0.3 is 0 Å². The molecule has 1 aromatic rings. The van der Waals surface area contributed by atoms with Crippen LogP contribution in [0.5, 0.6) is 5.75 Å². The van der Waals surface area contributed by atoms with Crippen LogP contribution in [0, 0.1) is 6.92 Å². The molecule has 0 spiro atoms. The Kier molecular flexibility index (Phi) is 3.72. The SMILES string of the molecule is Cc1cc(CN(C)C)c(O)c(C(C)O)c1. The first kappa shape index (κ1) is 12.0. The summed E-state index contributed by atoms with van der Waals surface area (Å²) in [4.78, 5) is 1.99. The highest BCUT2D eigenvalue weighted by molar-refractivity contribution is 5.44. The van der Waals surface area contributed by atoms with Crippen LogP contribution in [0.2, 0.25) is 0 Å². The van der Waals surface area contributed by atoms with E-state index in [1.54, 1.807) is 6.92 Å². The van der Waals surface area contributed by atoms with E-state index in [2.05, 4.69) is 0 Å². The predicted octanol–water partition coefficient (Wildman–Crippen LogP) is 1.82. The molecule has 0 saturated carbocycles. The molecule has 0 saturated heterocycles.